The van der Waals surface area contributed by atoms with Crippen molar-refractivity contribution in [3.05, 3.63) is 54.1 Å². The van der Waals surface area contributed by atoms with Gasteiger partial charge < -0.3 is 36.9 Å². The summed E-state index contributed by atoms with van der Waals surface area (Å²) in [6.07, 6.45) is 4.19. The number of carbonyl (C=O) groups excluding carboxylic acids is 3. The Morgan fingerprint density at radius 1 is 0.947 bits per heavy atom. The van der Waals surface area contributed by atoms with Gasteiger partial charge in [-0.25, -0.2) is 9.78 Å². The van der Waals surface area contributed by atoms with Gasteiger partial charge >= 0.3 is 11.9 Å². The molecule has 3 amide bonds. The molecule has 0 fully saturated rings. The van der Waals surface area contributed by atoms with E-state index in [9.17, 15) is 29.1 Å². The molecule has 0 saturated carbocycles. The molecule has 8 N–H and O–H groups in total. The van der Waals surface area contributed by atoms with Crippen molar-refractivity contribution in [3.63, 3.8) is 0 Å². The number of benzene rings is 1. The molecule has 14 heteroatoms. The van der Waals surface area contributed by atoms with E-state index in [1.165, 1.54) is 24.3 Å². The summed E-state index contributed by atoms with van der Waals surface area (Å²) < 4.78 is 0. The zero-order chi connectivity index (χ0) is 28.1. The zero-order valence-corrected chi connectivity index (χ0v) is 21.6. The Morgan fingerprint density at radius 2 is 1.58 bits per heavy atom. The molecule has 0 aliphatic heterocycles. The second kappa shape index (κ2) is 15.4. The first-order valence-corrected chi connectivity index (χ1v) is 13.1. The number of nitrogens with two attached hydrogens (primary N) is 1. The van der Waals surface area contributed by atoms with Gasteiger partial charge in [-0.3, -0.25) is 19.2 Å². The number of imidazole rings is 1. The summed E-state index contributed by atoms with van der Waals surface area (Å²) in [5.41, 5.74) is 7.38. The third-order valence-corrected chi connectivity index (χ3v) is 6.13. The number of aromatic nitrogens is 2. The molecule has 0 spiro atoms. The lowest BCUT2D eigenvalue weighted by Gasteiger charge is -2.25. The minimum absolute atomic E-state index is 0.0896. The molecule has 1 heterocycles. The van der Waals surface area contributed by atoms with E-state index in [1.54, 1.807) is 0 Å². The SMILES string of the molecule is CSCCC(NC(=O)C(N)Cc1ccccc1)C(=O)NC(Cc1cnc[nH]1)C(=O)NC(CC(=O)O)C(=O)O. The molecule has 4 unspecified atom stereocenters. The quantitative estimate of drug-likeness (QED) is 0.140. The maximum atomic E-state index is 13.2. The van der Waals surface area contributed by atoms with Crippen molar-refractivity contribution in [2.24, 2.45) is 5.73 Å². The van der Waals surface area contributed by atoms with Crippen LogP contribution in [0.15, 0.2) is 42.9 Å². The fraction of sp³-hybridized carbons (Fsp3) is 0.417. The number of aromatic amines is 1. The molecule has 38 heavy (non-hydrogen) atoms. The molecular formula is C24H32N6O7S. The minimum Gasteiger partial charge on any atom is -0.481 e. The molecule has 1 aromatic carbocycles. The second-order valence-corrected chi connectivity index (χ2v) is 9.46. The number of carboxylic acids is 2. The zero-order valence-electron chi connectivity index (χ0n) is 20.8. The average Bonchev–Trinajstić information content (AvgIpc) is 3.38. The van der Waals surface area contributed by atoms with Crippen LogP contribution in [0.2, 0.25) is 0 Å². The number of carbonyl (C=O) groups is 5. The predicted molar refractivity (Wildman–Crippen MR) is 139 cm³/mol. The summed E-state index contributed by atoms with van der Waals surface area (Å²) in [6.45, 7) is 0. The Kier molecular flexibility index (Phi) is 12.3. The van der Waals surface area contributed by atoms with Crippen LogP contribution >= 0.6 is 11.8 Å². The van der Waals surface area contributed by atoms with Crippen molar-refractivity contribution in [3.8, 4) is 0 Å². The lowest BCUT2D eigenvalue weighted by atomic mass is 10.0. The van der Waals surface area contributed by atoms with E-state index in [-0.39, 0.29) is 19.3 Å². The van der Waals surface area contributed by atoms with Gasteiger partial charge in [0, 0.05) is 18.3 Å². The Balaban J connectivity index is 2.15. The Bertz CT molecular complexity index is 1080. The van der Waals surface area contributed by atoms with E-state index < -0.39 is 60.2 Å². The van der Waals surface area contributed by atoms with Crippen molar-refractivity contribution < 1.29 is 34.2 Å². The average molecular weight is 549 g/mol. The molecule has 2 aromatic rings. The van der Waals surface area contributed by atoms with Crippen LogP contribution in [0.5, 0.6) is 0 Å². The maximum Gasteiger partial charge on any atom is 0.326 e. The van der Waals surface area contributed by atoms with Gasteiger partial charge in [0.25, 0.3) is 0 Å². The number of rotatable bonds is 16. The number of amides is 3. The third kappa shape index (κ3) is 10.2. The number of thioether (sulfide) groups is 1. The Labute approximate surface area is 223 Å². The largest absolute Gasteiger partial charge is 0.481 e. The third-order valence-electron chi connectivity index (χ3n) is 5.48. The highest BCUT2D eigenvalue weighted by atomic mass is 32.2. The Morgan fingerprint density at radius 3 is 2.16 bits per heavy atom. The fourth-order valence-corrected chi connectivity index (χ4v) is 3.96. The molecule has 13 nitrogen and oxygen atoms in total. The summed E-state index contributed by atoms with van der Waals surface area (Å²) in [7, 11) is 0. The van der Waals surface area contributed by atoms with E-state index in [0.717, 1.165) is 5.56 Å². The molecule has 0 saturated heterocycles. The van der Waals surface area contributed by atoms with Crippen molar-refractivity contribution in [2.45, 2.75) is 49.9 Å². The van der Waals surface area contributed by atoms with Crippen LogP contribution in [-0.4, -0.2) is 86.0 Å². The molecule has 1 aromatic heterocycles. The van der Waals surface area contributed by atoms with E-state index in [1.807, 2.05) is 36.6 Å². The number of hydrogen-bond donors (Lipinski definition) is 7. The van der Waals surface area contributed by atoms with Gasteiger partial charge in [-0.05, 0) is 30.4 Å². The summed E-state index contributed by atoms with van der Waals surface area (Å²) in [4.78, 5) is 68.1. The summed E-state index contributed by atoms with van der Waals surface area (Å²) in [6, 6.07) is 4.22. The number of aliphatic carboxylic acids is 2. The first kappa shape index (κ1) is 30.3. The van der Waals surface area contributed by atoms with Crippen LogP contribution in [-0.2, 0) is 36.8 Å². The number of nitrogens with one attached hydrogen (secondary N) is 4. The van der Waals surface area contributed by atoms with Crippen LogP contribution in [0.3, 0.4) is 0 Å². The monoisotopic (exact) mass is 548 g/mol. The molecular weight excluding hydrogens is 516 g/mol. The van der Waals surface area contributed by atoms with Gasteiger partial charge in [-0.15, -0.1) is 0 Å². The minimum atomic E-state index is -1.70. The molecule has 206 valence electrons. The van der Waals surface area contributed by atoms with Crippen molar-refractivity contribution in [1.29, 1.82) is 0 Å². The summed E-state index contributed by atoms with van der Waals surface area (Å²) >= 11 is 1.46. The maximum absolute atomic E-state index is 13.2. The summed E-state index contributed by atoms with van der Waals surface area (Å²) in [5.74, 6) is -4.56. The van der Waals surface area contributed by atoms with E-state index >= 15 is 0 Å². The molecule has 0 radical (unpaired) electrons. The van der Waals surface area contributed by atoms with Gasteiger partial charge in [0.1, 0.15) is 18.1 Å². The van der Waals surface area contributed by atoms with Crippen molar-refractivity contribution >= 4 is 41.4 Å². The first-order chi connectivity index (χ1) is 18.1. The van der Waals surface area contributed by atoms with Crippen LogP contribution in [0.25, 0.3) is 0 Å². The number of nitrogens with zero attached hydrogens (tertiary/aromatic N) is 1. The number of H-pyrrole nitrogens is 1. The molecule has 2 rings (SSSR count). The highest BCUT2D eigenvalue weighted by Crippen LogP contribution is 2.07. The van der Waals surface area contributed by atoms with Crippen LogP contribution in [0.1, 0.15) is 24.1 Å². The lowest BCUT2D eigenvalue weighted by molar-refractivity contribution is -0.147. The van der Waals surface area contributed by atoms with Crippen molar-refractivity contribution in [2.75, 3.05) is 12.0 Å². The highest BCUT2D eigenvalue weighted by molar-refractivity contribution is 7.98. The molecule has 0 aliphatic rings. The summed E-state index contributed by atoms with van der Waals surface area (Å²) in [5, 5.41) is 25.6. The predicted octanol–water partition coefficient (Wildman–Crippen LogP) is -0.711. The van der Waals surface area contributed by atoms with E-state index in [4.69, 9.17) is 10.8 Å². The second-order valence-electron chi connectivity index (χ2n) is 8.48. The van der Waals surface area contributed by atoms with Crippen LogP contribution in [0.4, 0.5) is 0 Å². The fourth-order valence-electron chi connectivity index (χ4n) is 3.49. The van der Waals surface area contributed by atoms with Gasteiger partial charge in [0.05, 0.1) is 18.8 Å². The van der Waals surface area contributed by atoms with Crippen molar-refractivity contribution in [1.82, 2.24) is 25.9 Å². The van der Waals surface area contributed by atoms with Gasteiger partial charge in [-0.2, -0.15) is 11.8 Å². The highest BCUT2D eigenvalue weighted by Gasteiger charge is 2.31. The smallest absolute Gasteiger partial charge is 0.326 e. The number of hydrogen-bond acceptors (Lipinski definition) is 8. The van der Waals surface area contributed by atoms with Gasteiger partial charge in [0.2, 0.25) is 17.7 Å². The van der Waals surface area contributed by atoms with E-state index in [0.29, 0.717) is 11.4 Å². The van der Waals surface area contributed by atoms with E-state index in [2.05, 4.69) is 25.9 Å². The number of carboxylic acid groups (broad SMARTS) is 2. The Hall–Kier alpha value is -3.91. The molecule has 4 atom stereocenters. The molecule has 0 bridgehead atoms. The molecule has 0 aliphatic carbocycles. The lowest BCUT2D eigenvalue weighted by Crippen LogP contribution is -2.58. The normalized spacial score (nSPS) is 13.9. The standard InChI is InChI=1S/C24H32N6O7S/c1-38-8-7-17(28-21(33)16(25)9-14-5-3-2-4-6-14)22(34)29-18(10-15-12-26-13-27-15)23(35)30-19(24(36)37)11-20(31)32/h2-6,12-13,16-19H,7-11,25H2,1H3,(H,26,27)(H,28,33)(H,29,34)(H,30,35)(H,31,32)(H,36,37). The topological polar surface area (TPSA) is 217 Å². The first-order valence-electron chi connectivity index (χ1n) is 11.7. The van der Waals surface area contributed by atoms with Crippen LogP contribution in [0, 0.1) is 0 Å². The van der Waals surface area contributed by atoms with Crippen LogP contribution < -0.4 is 21.7 Å². The van der Waals surface area contributed by atoms with Gasteiger partial charge in [0.15, 0.2) is 0 Å². The van der Waals surface area contributed by atoms with Gasteiger partial charge in [-0.1, -0.05) is 30.3 Å².